The molecule has 0 aromatic heterocycles. The lowest BCUT2D eigenvalue weighted by Gasteiger charge is -2.08. The van der Waals surface area contributed by atoms with Crippen LogP contribution in [0.15, 0.2) is 18.2 Å². The average Bonchev–Trinajstić information content (AvgIpc) is 2.37. The second-order valence-electron chi connectivity index (χ2n) is 4.67. The monoisotopic (exact) mass is 266 g/mol. The molecule has 0 fully saturated rings. The zero-order chi connectivity index (χ0) is 14.1. The predicted octanol–water partition coefficient (Wildman–Crippen LogP) is 3.85. The van der Waals surface area contributed by atoms with Crippen molar-refractivity contribution >= 4 is 5.84 Å². The zero-order valence-corrected chi connectivity index (χ0v) is 11.5. The van der Waals surface area contributed by atoms with Gasteiger partial charge in [-0.1, -0.05) is 39.0 Å². The van der Waals surface area contributed by atoms with Gasteiger partial charge in [-0.15, -0.1) is 0 Å². The highest BCUT2D eigenvalue weighted by atomic mass is 19.1. The third kappa shape index (κ3) is 5.73. The van der Waals surface area contributed by atoms with E-state index < -0.39 is 5.82 Å². The molecule has 0 aliphatic rings. The SMILES string of the molecule is CCCCCCCCOc1ccc(C(=N)N)c(F)c1. The van der Waals surface area contributed by atoms with Gasteiger partial charge in [0.25, 0.3) is 0 Å². The summed E-state index contributed by atoms with van der Waals surface area (Å²) in [5, 5.41) is 7.19. The van der Waals surface area contributed by atoms with Gasteiger partial charge in [-0.05, 0) is 18.6 Å². The van der Waals surface area contributed by atoms with E-state index in [2.05, 4.69) is 6.92 Å². The number of rotatable bonds is 9. The van der Waals surface area contributed by atoms with Crippen LogP contribution >= 0.6 is 0 Å². The Bertz CT molecular complexity index is 407. The highest BCUT2D eigenvalue weighted by Gasteiger charge is 2.06. The van der Waals surface area contributed by atoms with Gasteiger partial charge in [0.1, 0.15) is 17.4 Å². The van der Waals surface area contributed by atoms with Crippen LogP contribution in [0.2, 0.25) is 0 Å². The molecule has 3 nitrogen and oxygen atoms in total. The minimum atomic E-state index is -0.507. The van der Waals surface area contributed by atoms with Crippen molar-refractivity contribution in [3.63, 3.8) is 0 Å². The normalized spacial score (nSPS) is 10.4. The summed E-state index contributed by atoms with van der Waals surface area (Å²) in [5.74, 6) is -0.274. The maximum atomic E-state index is 13.5. The van der Waals surface area contributed by atoms with Crippen LogP contribution in [0, 0.1) is 11.2 Å². The van der Waals surface area contributed by atoms with E-state index in [1.807, 2.05) is 0 Å². The molecule has 0 spiro atoms. The first-order valence-electron chi connectivity index (χ1n) is 6.92. The topological polar surface area (TPSA) is 59.1 Å². The van der Waals surface area contributed by atoms with Crippen molar-refractivity contribution in [2.45, 2.75) is 45.4 Å². The van der Waals surface area contributed by atoms with Crippen molar-refractivity contribution in [3.05, 3.63) is 29.6 Å². The van der Waals surface area contributed by atoms with Crippen LogP contribution in [0.5, 0.6) is 5.75 Å². The summed E-state index contributed by atoms with van der Waals surface area (Å²) in [7, 11) is 0. The molecule has 3 N–H and O–H groups in total. The van der Waals surface area contributed by atoms with Crippen molar-refractivity contribution < 1.29 is 9.13 Å². The summed E-state index contributed by atoms with van der Waals surface area (Å²) in [6, 6.07) is 4.42. The maximum absolute atomic E-state index is 13.5. The molecule has 106 valence electrons. The fraction of sp³-hybridized carbons (Fsp3) is 0.533. The number of halogens is 1. The summed E-state index contributed by atoms with van der Waals surface area (Å²) in [6.45, 7) is 2.80. The third-order valence-electron chi connectivity index (χ3n) is 3.00. The van der Waals surface area contributed by atoms with E-state index in [9.17, 15) is 4.39 Å². The second-order valence-corrected chi connectivity index (χ2v) is 4.67. The lowest BCUT2D eigenvalue weighted by Crippen LogP contribution is -2.13. The molecule has 4 heteroatoms. The van der Waals surface area contributed by atoms with Gasteiger partial charge < -0.3 is 10.5 Å². The smallest absolute Gasteiger partial charge is 0.137 e. The molecule has 1 rings (SSSR count). The summed E-state index contributed by atoms with van der Waals surface area (Å²) in [4.78, 5) is 0. The van der Waals surface area contributed by atoms with E-state index in [-0.39, 0.29) is 11.4 Å². The van der Waals surface area contributed by atoms with Crippen LogP contribution in [-0.2, 0) is 0 Å². The van der Waals surface area contributed by atoms with Crippen molar-refractivity contribution in [1.29, 1.82) is 5.41 Å². The van der Waals surface area contributed by atoms with Gasteiger partial charge in [0, 0.05) is 6.07 Å². The summed E-state index contributed by atoms with van der Waals surface area (Å²) >= 11 is 0. The molecule has 0 aliphatic heterocycles. The fourth-order valence-electron chi connectivity index (χ4n) is 1.88. The minimum absolute atomic E-state index is 0.118. The summed E-state index contributed by atoms with van der Waals surface area (Å²) in [6.07, 6.45) is 7.18. The molecule has 0 unspecified atom stereocenters. The van der Waals surface area contributed by atoms with E-state index >= 15 is 0 Å². The van der Waals surface area contributed by atoms with Crippen molar-refractivity contribution in [1.82, 2.24) is 0 Å². The number of amidine groups is 1. The Morgan fingerprint density at radius 1 is 1.21 bits per heavy atom. The van der Waals surface area contributed by atoms with Crippen molar-refractivity contribution in [2.24, 2.45) is 5.73 Å². The number of hydrogen-bond donors (Lipinski definition) is 2. The first-order chi connectivity index (χ1) is 9.15. The third-order valence-corrected chi connectivity index (χ3v) is 3.00. The molecular weight excluding hydrogens is 243 g/mol. The van der Waals surface area contributed by atoms with E-state index in [0.29, 0.717) is 12.4 Å². The molecule has 0 atom stereocenters. The number of nitrogens with one attached hydrogen (secondary N) is 1. The molecule has 0 saturated heterocycles. The quantitative estimate of drug-likeness (QED) is 0.405. The summed E-state index contributed by atoms with van der Waals surface area (Å²) in [5.41, 5.74) is 5.36. The van der Waals surface area contributed by atoms with E-state index in [1.54, 1.807) is 6.07 Å². The Morgan fingerprint density at radius 3 is 2.53 bits per heavy atom. The number of benzene rings is 1. The molecule has 0 bridgehead atoms. The minimum Gasteiger partial charge on any atom is -0.493 e. The van der Waals surface area contributed by atoms with Crippen LogP contribution < -0.4 is 10.5 Å². The van der Waals surface area contributed by atoms with E-state index in [0.717, 1.165) is 12.8 Å². The molecular formula is C15H23FN2O. The lowest BCUT2D eigenvalue weighted by molar-refractivity contribution is 0.303. The highest BCUT2D eigenvalue weighted by molar-refractivity contribution is 5.95. The van der Waals surface area contributed by atoms with Crippen LogP contribution in [0.1, 0.15) is 51.0 Å². The predicted molar refractivity (Wildman–Crippen MR) is 76.3 cm³/mol. The van der Waals surface area contributed by atoms with Crippen LogP contribution in [0.4, 0.5) is 4.39 Å². The van der Waals surface area contributed by atoms with Crippen molar-refractivity contribution in [3.8, 4) is 5.75 Å². The van der Waals surface area contributed by atoms with Gasteiger partial charge in [0.15, 0.2) is 0 Å². The number of unbranched alkanes of at least 4 members (excludes halogenated alkanes) is 5. The molecule has 0 saturated carbocycles. The zero-order valence-electron chi connectivity index (χ0n) is 11.5. The first kappa shape index (κ1) is 15.5. The largest absolute Gasteiger partial charge is 0.493 e. The van der Waals surface area contributed by atoms with Gasteiger partial charge in [-0.2, -0.15) is 0 Å². The van der Waals surface area contributed by atoms with Crippen molar-refractivity contribution in [2.75, 3.05) is 6.61 Å². The van der Waals surface area contributed by atoms with Gasteiger partial charge in [-0.3, -0.25) is 5.41 Å². The van der Waals surface area contributed by atoms with Crippen LogP contribution in [0.3, 0.4) is 0 Å². The van der Waals surface area contributed by atoms with E-state index in [1.165, 1.54) is 37.8 Å². The number of nitrogens with two attached hydrogens (primary N) is 1. The average molecular weight is 266 g/mol. The molecule has 0 amide bonds. The Morgan fingerprint density at radius 2 is 1.89 bits per heavy atom. The Balaban J connectivity index is 2.26. The summed E-state index contributed by atoms with van der Waals surface area (Å²) < 4.78 is 19.0. The Kier molecular flexibility index (Phi) is 6.93. The van der Waals surface area contributed by atoms with E-state index in [4.69, 9.17) is 15.9 Å². The van der Waals surface area contributed by atoms with Gasteiger partial charge in [-0.25, -0.2) is 4.39 Å². The van der Waals surface area contributed by atoms with Gasteiger partial charge in [0.2, 0.25) is 0 Å². The molecule has 1 aromatic rings. The second kappa shape index (κ2) is 8.51. The molecule has 0 heterocycles. The number of hydrogen-bond acceptors (Lipinski definition) is 2. The highest BCUT2D eigenvalue weighted by Crippen LogP contribution is 2.17. The fourth-order valence-corrected chi connectivity index (χ4v) is 1.88. The van der Waals surface area contributed by atoms with Gasteiger partial charge in [0.05, 0.1) is 12.2 Å². The molecule has 0 radical (unpaired) electrons. The van der Waals surface area contributed by atoms with Crippen LogP contribution in [-0.4, -0.2) is 12.4 Å². The Labute approximate surface area is 114 Å². The first-order valence-corrected chi connectivity index (χ1v) is 6.92. The van der Waals surface area contributed by atoms with Gasteiger partial charge >= 0.3 is 0 Å². The molecule has 1 aromatic carbocycles. The standard InChI is InChI=1S/C15H23FN2O/c1-2-3-4-5-6-7-10-19-12-8-9-13(15(17)18)14(16)11-12/h8-9,11H,2-7,10H2,1H3,(H3,17,18). The lowest BCUT2D eigenvalue weighted by atomic mass is 10.1. The van der Waals surface area contributed by atoms with Crippen LogP contribution in [0.25, 0.3) is 0 Å². The number of ether oxygens (including phenoxy) is 1. The molecule has 19 heavy (non-hydrogen) atoms. The molecule has 0 aliphatic carbocycles. The maximum Gasteiger partial charge on any atom is 0.137 e. The Hall–Kier alpha value is -1.58. The number of nitrogen functional groups attached to an aromatic ring is 1.